The normalized spacial score (nSPS) is 10.6. The summed E-state index contributed by atoms with van der Waals surface area (Å²) in [4.78, 5) is 46.9. The molecule has 154 valence electrons. The summed E-state index contributed by atoms with van der Waals surface area (Å²) in [7, 11) is 0. The Labute approximate surface area is 175 Å². The fraction of sp³-hybridized carbons (Fsp3) is 0.0455. The highest BCUT2D eigenvalue weighted by atomic mass is 16.5. The van der Waals surface area contributed by atoms with Crippen molar-refractivity contribution < 1.29 is 24.2 Å². The number of imidazole rings is 1. The van der Waals surface area contributed by atoms with Gasteiger partial charge in [-0.05, 0) is 54.6 Å². The molecule has 0 saturated heterocycles. The molecule has 31 heavy (non-hydrogen) atoms. The van der Waals surface area contributed by atoms with E-state index in [0.29, 0.717) is 22.5 Å². The minimum atomic E-state index is -1.06. The Morgan fingerprint density at radius 1 is 1.03 bits per heavy atom. The van der Waals surface area contributed by atoms with Gasteiger partial charge in [-0.25, -0.2) is 14.6 Å². The molecular formula is C22H16N4O5. The van der Waals surface area contributed by atoms with Crippen molar-refractivity contribution in [2.24, 2.45) is 0 Å². The smallest absolute Gasteiger partial charge is 0.338 e. The van der Waals surface area contributed by atoms with Crippen LogP contribution in [0.25, 0.3) is 22.4 Å². The maximum Gasteiger partial charge on any atom is 0.338 e. The number of esters is 1. The fourth-order valence-corrected chi connectivity index (χ4v) is 2.88. The molecular weight excluding hydrogens is 400 g/mol. The number of fused-ring (bicyclic) bond motifs is 1. The summed E-state index contributed by atoms with van der Waals surface area (Å²) in [6.07, 6.45) is 3.35. The van der Waals surface area contributed by atoms with Crippen LogP contribution < -0.4 is 5.32 Å². The van der Waals surface area contributed by atoms with E-state index in [1.165, 1.54) is 24.3 Å². The number of carboxylic acid groups (broad SMARTS) is 1. The summed E-state index contributed by atoms with van der Waals surface area (Å²) in [6, 6.07) is 14.2. The zero-order chi connectivity index (χ0) is 21.8. The van der Waals surface area contributed by atoms with Crippen LogP contribution in [-0.2, 0) is 9.53 Å². The van der Waals surface area contributed by atoms with Crippen LogP contribution in [0.4, 0.5) is 5.69 Å². The molecule has 0 fully saturated rings. The van der Waals surface area contributed by atoms with Crippen LogP contribution in [0.1, 0.15) is 20.7 Å². The second-order valence-electron chi connectivity index (χ2n) is 6.57. The average molecular weight is 416 g/mol. The summed E-state index contributed by atoms with van der Waals surface area (Å²) in [6.45, 7) is -0.485. The monoisotopic (exact) mass is 416 g/mol. The van der Waals surface area contributed by atoms with Crippen molar-refractivity contribution >= 4 is 34.6 Å². The lowest BCUT2D eigenvalue weighted by Gasteiger charge is -2.07. The first-order valence-corrected chi connectivity index (χ1v) is 9.20. The van der Waals surface area contributed by atoms with Crippen LogP contribution in [0.15, 0.2) is 67.0 Å². The van der Waals surface area contributed by atoms with Crippen LogP contribution >= 0.6 is 0 Å². The van der Waals surface area contributed by atoms with Crippen LogP contribution in [0.3, 0.4) is 0 Å². The van der Waals surface area contributed by atoms with Crippen molar-refractivity contribution in [2.45, 2.75) is 0 Å². The number of ether oxygens (including phenoxy) is 1. The number of carbonyl (C=O) groups is 3. The van der Waals surface area contributed by atoms with Crippen LogP contribution in [-0.4, -0.2) is 44.5 Å². The molecule has 4 rings (SSSR count). The highest BCUT2D eigenvalue weighted by molar-refractivity contribution is 5.97. The van der Waals surface area contributed by atoms with Crippen LogP contribution in [0.5, 0.6) is 0 Å². The van der Waals surface area contributed by atoms with Crippen molar-refractivity contribution in [3.8, 4) is 11.4 Å². The van der Waals surface area contributed by atoms with Gasteiger partial charge in [0.25, 0.3) is 5.91 Å². The molecule has 2 aromatic carbocycles. The number of hydrogen-bond acceptors (Lipinski definition) is 6. The minimum Gasteiger partial charge on any atom is -0.478 e. The molecule has 9 heteroatoms. The Morgan fingerprint density at radius 2 is 1.81 bits per heavy atom. The lowest BCUT2D eigenvalue weighted by atomic mass is 10.2. The number of nitrogens with zero attached hydrogens (tertiary/aromatic N) is 2. The van der Waals surface area contributed by atoms with E-state index in [4.69, 9.17) is 9.84 Å². The topological polar surface area (TPSA) is 134 Å². The van der Waals surface area contributed by atoms with Gasteiger partial charge in [0, 0.05) is 23.6 Å². The molecule has 2 aromatic heterocycles. The molecule has 3 N–H and O–H groups in total. The zero-order valence-corrected chi connectivity index (χ0v) is 16.0. The lowest BCUT2D eigenvalue weighted by molar-refractivity contribution is -0.119. The predicted molar refractivity (Wildman–Crippen MR) is 112 cm³/mol. The number of benzene rings is 2. The molecule has 0 aliphatic rings. The number of rotatable bonds is 6. The van der Waals surface area contributed by atoms with Crippen molar-refractivity contribution in [1.29, 1.82) is 0 Å². The van der Waals surface area contributed by atoms with E-state index in [2.05, 4.69) is 20.3 Å². The van der Waals surface area contributed by atoms with Crippen molar-refractivity contribution in [3.05, 3.63) is 78.1 Å². The first-order valence-electron chi connectivity index (χ1n) is 9.20. The number of nitrogens with one attached hydrogen (secondary N) is 2. The molecule has 1 amide bonds. The summed E-state index contributed by atoms with van der Waals surface area (Å²) in [5.74, 6) is -1.63. The highest BCUT2D eigenvalue weighted by Crippen LogP contribution is 2.21. The largest absolute Gasteiger partial charge is 0.478 e. The summed E-state index contributed by atoms with van der Waals surface area (Å²) in [5.41, 5.74) is 2.91. The van der Waals surface area contributed by atoms with Crippen molar-refractivity contribution in [2.75, 3.05) is 11.9 Å². The molecule has 0 saturated carbocycles. The number of H-pyrrole nitrogens is 1. The maximum atomic E-state index is 12.3. The van der Waals surface area contributed by atoms with E-state index in [1.54, 1.807) is 36.7 Å². The quantitative estimate of drug-likeness (QED) is 0.411. The fourth-order valence-electron chi connectivity index (χ4n) is 2.88. The van der Waals surface area contributed by atoms with Gasteiger partial charge in [-0.3, -0.25) is 9.78 Å². The van der Waals surface area contributed by atoms with Crippen molar-refractivity contribution in [1.82, 2.24) is 15.0 Å². The van der Waals surface area contributed by atoms with Gasteiger partial charge >= 0.3 is 11.9 Å². The van der Waals surface area contributed by atoms with Crippen LogP contribution in [0.2, 0.25) is 0 Å². The third-order valence-electron chi connectivity index (χ3n) is 4.40. The van der Waals surface area contributed by atoms with E-state index in [0.717, 1.165) is 5.56 Å². The summed E-state index contributed by atoms with van der Waals surface area (Å²) in [5, 5.41) is 11.4. The predicted octanol–water partition coefficient (Wildman–Crippen LogP) is 3.12. The summed E-state index contributed by atoms with van der Waals surface area (Å²) < 4.78 is 5.08. The van der Waals surface area contributed by atoms with Gasteiger partial charge in [-0.2, -0.15) is 0 Å². The van der Waals surface area contributed by atoms with Gasteiger partial charge in [-0.15, -0.1) is 0 Å². The molecule has 0 radical (unpaired) electrons. The average Bonchev–Trinajstić information content (AvgIpc) is 3.22. The van der Waals surface area contributed by atoms with Crippen LogP contribution in [0, 0.1) is 0 Å². The molecule has 0 bridgehead atoms. The number of carbonyl (C=O) groups excluding carboxylic acids is 2. The highest BCUT2D eigenvalue weighted by Gasteiger charge is 2.13. The SMILES string of the molecule is O=C(COC(=O)c1ccc2nc(-c3cccnc3)[nH]c2c1)Nc1ccc(C(=O)O)cc1. The third kappa shape index (κ3) is 4.56. The molecule has 4 aromatic rings. The Balaban J connectivity index is 1.38. The lowest BCUT2D eigenvalue weighted by Crippen LogP contribution is -2.21. The van der Waals surface area contributed by atoms with E-state index in [9.17, 15) is 14.4 Å². The number of aromatic nitrogens is 3. The van der Waals surface area contributed by atoms with E-state index >= 15 is 0 Å². The molecule has 0 aliphatic heterocycles. The maximum absolute atomic E-state index is 12.3. The standard InChI is InChI=1S/C22H16N4O5/c27-19(24-16-6-3-13(4-7-16)21(28)29)12-31-22(30)14-5-8-17-18(10-14)26-20(25-17)15-2-1-9-23-11-15/h1-11H,12H2,(H,24,27)(H,25,26)(H,28,29). The second kappa shape index (κ2) is 8.46. The van der Waals surface area contributed by atoms with E-state index in [-0.39, 0.29) is 11.1 Å². The number of amides is 1. The Hall–Kier alpha value is -4.53. The zero-order valence-electron chi connectivity index (χ0n) is 16.0. The number of aromatic carboxylic acids is 1. The Bertz CT molecular complexity index is 1270. The first kappa shape index (κ1) is 19.8. The van der Waals surface area contributed by atoms with Gasteiger partial charge in [0.05, 0.1) is 22.2 Å². The molecule has 0 aliphatic carbocycles. The van der Waals surface area contributed by atoms with Crippen molar-refractivity contribution in [3.63, 3.8) is 0 Å². The second-order valence-corrected chi connectivity index (χ2v) is 6.57. The molecule has 2 heterocycles. The Morgan fingerprint density at radius 3 is 2.52 bits per heavy atom. The van der Waals surface area contributed by atoms with Gasteiger partial charge in [0.1, 0.15) is 5.82 Å². The number of hydrogen-bond donors (Lipinski definition) is 3. The number of pyridine rings is 1. The van der Waals surface area contributed by atoms with Gasteiger partial charge in [-0.1, -0.05) is 0 Å². The summed E-state index contributed by atoms with van der Waals surface area (Å²) >= 11 is 0. The van der Waals surface area contributed by atoms with E-state index < -0.39 is 24.5 Å². The van der Waals surface area contributed by atoms with Gasteiger partial charge in [0.2, 0.25) is 0 Å². The molecule has 0 spiro atoms. The molecule has 0 unspecified atom stereocenters. The van der Waals surface area contributed by atoms with Gasteiger partial charge in [0.15, 0.2) is 6.61 Å². The van der Waals surface area contributed by atoms with E-state index in [1.807, 2.05) is 6.07 Å². The number of anilines is 1. The molecule has 9 nitrogen and oxygen atoms in total. The molecule has 0 atom stereocenters. The minimum absolute atomic E-state index is 0.102. The number of aromatic amines is 1. The number of carboxylic acids is 1. The van der Waals surface area contributed by atoms with Gasteiger partial charge < -0.3 is 20.1 Å². The first-order chi connectivity index (χ1) is 15.0. The third-order valence-corrected chi connectivity index (χ3v) is 4.40. The Kier molecular flexibility index (Phi) is 5.39.